The Labute approximate surface area is 221 Å². The lowest BCUT2D eigenvalue weighted by molar-refractivity contribution is 0.281. The number of aliphatic hydroxyl groups excluding tert-OH is 1. The number of aryl methyl sites for hydroxylation is 1. The van der Waals surface area contributed by atoms with Crippen molar-refractivity contribution in [3.05, 3.63) is 93.3 Å². The maximum Gasteiger partial charge on any atom is 0.267 e. The Kier molecular flexibility index (Phi) is 5.89. The predicted molar refractivity (Wildman–Crippen MR) is 141 cm³/mol. The van der Waals surface area contributed by atoms with Crippen LogP contribution in [0, 0.1) is 17.1 Å². The molecule has 10 nitrogen and oxygen atoms in total. The molecule has 0 saturated heterocycles. The second kappa shape index (κ2) is 9.41. The number of nitriles is 1. The quantitative estimate of drug-likeness (QED) is 0.346. The molecule has 194 valence electrons. The molecule has 0 unspecified atom stereocenters. The van der Waals surface area contributed by atoms with Gasteiger partial charge in [-0.1, -0.05) is 6.07 Å². The Morgan fingerprint density at radius 2 is 2.03 bits per heavy atom. The number of rotatable bonds is 6. The van der Waals surface area contributed by atoms with Crippen LogP contribution in [-0.4, -0.2) is 34.2 Å². The molecule has 5 aromatic rings. The first-order valence-electron chi connectivity index (χ1n) is 12.4. The van der Waals surface area contributed by atoms with Crippen LogP contribution in [-0.2, 0) is 20.1 Å². The van der Waals surface area contributed by atoms with Gasteiger partial charge < -0.3 is 15.4 Å². The van der Waals surface area contributed by atoms with E-state index in [2.05, 4.69) is 26.0 Å². The second-order valence-electron chi connectivity index (χ2n) is 9.62. The monoisotopic (exact) mass is 522 g/mol. The molecule has 4 heterocycles. The molecule has 1 aromatic carbocycles. The Bertz CT molecular complexity index is 1870. The summed E-state index contributed by atoms with van der Waals surface area (Å²) in [5, 5.41) is 20.1. The van der Waals surface area contributed by atoms with Gasteiger partial charge in [-0.25, -0.2) is 14.4 Å². The molecule has 0 atom stereocenters. The third-order valence-corrected chi connectivity index (χ3v) is 6.93. The van der Waals surface area contributed by atoms with Crippen molar-refractivity contribution >= 4 is 16.7 Å². The van der Waals surface area contributed by atoms with E-state index < -0.39 is 18.0 Å². The third kappa shape index (κ3) is 4.41. The number of fused-ring (bicyclic) bond motifs is 1. The largest absolute Gasteiger partial charge is 0.392 e. The first-order chi connectivity index (χ1) is 18.9. The molecule has 0 aliphatic heterocycles. The maximum atomic E-state index is 15.1. The van der Waals surface area contributed by atoms with Crippen LogP contribution in [0.5, 0.6) is 0 Å². The molecular weight excluding hydrogens is 499 g/mol. The fraction of sp³-hybridized carbons (Fsp3) is 0.214. The number of aromatic nitrogens is 6. The SMILES string of the molecule is Cn1cc(Cc2nc(N)nc(-c3ccnc(-n4ccc5cc(C6CC6)cc(F)c5c4=O)c3CO)n2)cc1C#N. The zero-order valence-electron chi connectivity index (χ0n) is 21.0. The summed E-state index contributed by atoms with van der Waals surface area (Å²) in [6, 6.07) is 10.4. The van der Waals surface area contributed by atoms with Crippen LogP contribution in [0.2, 0.25) is 0 Å². The standard InChI is InChI=1S/C28H23FN8O2/c1-36-13-15(8-19(36)12-30)9-23-33-25(35-28(31)34-23)20-4-6-32-26(21(20)14-38)37-7-5-17-10-18(16-2-3-16)11-22(29)24(17)27(37)39/h4-8,10-11,13,16,38H,2-3,9,14H2,1H3,(H2,31,33,34,35). The molecule has 1 aliphatic carbocycles. The van der Waals surface area contributed by atoms with Crippen LogP contribution in [0.3, 0.4) is 0 Å². The summed E-state index contributed by atoms with van der Waals surface area (Å²) >= 11 is 0. The van der Waals surface area contributed by atoms with Crippen molar-refractivity contribution in [3.8, 4) is 23.3 Å². The molecule has 4 aromatic heterocycles. The van der Waals surface area contributed by atoms with E-state index in [-0.39, 0.29) is 28.5 Å². The number of nitrogens with zero attached hydrogens (tertiary/aromatic N) is 7. The second-order valence-corrected chi connectivity index (χ2v) is 9.62. The first-order valence-corrected chi connectivity index (χ1v) is 12.4. The van der Waals surface area contributed by atoms with E-state index in [0.29, 0.717) is 34.8 Å². The number of halogens is 1. The van der Waals surface area contributed by atoms with E-state index in [1.54, 1.807) is 36.0 Å². The maximum absolute atomic E-state index is 15.1. The third-order valence-electron chi connectivity index (χ3n) is 6.93. The van der Waals surface area contributed by atoms with E-state index in [9.17, 15) is 15.2 Å². The summed E-state index contributed by atoms with van der Waals surface area (Å²) < 4.78 is 18.0. The average molecular weight is 523 g/mol. The normalized spacial score (nSPS) is 13.1. The number of benzene rings is 1. The average Bonchev–Trinajstić information content (AvgIpc) is 3.71. The van der Waals surface area contributed by atoms with E-state index in [0.717, 1.165) is 24.0 Å². The van der Waals surface area contributed by atoms with E-state index >= 15 is 4.39 Å². The number of pyridine rings is 2. The zero-order valence-corrected chi connectivity index (χ0v) is 21.0. The van der Waals surface area contributed by atoms with Gasteiger partial charge in [0.1, 0.15) is 29.2 Å². The molecule has 0 spiro atoms. The molecule has 6 rings (SSSR count). The molecule has 0 radical (unpaired) electrons. The van der Waals surface area contributed by atoms with Crippen molar-refractivity contribution in [3.63, 3.8) is 0 Å². The minimum absolute atomic E-state index is 0.0231. The fourth-order valence-electron chi connectivity index (χ4n) is 4.88. The lowest BCUT2D eigenvalue weighted by atomic mass is 10.0. The smallest absolute Gasteiger partial charge is 0.267 e. The van der Waals surface area contributed by atoms with Gasteiger partial charge in [-0.3, -0.25) is 9.36 Å². The minimum Gasteiger partial charge on any atom is -0.392 e. The summed E-state index contributed by atoms with van der Waals surface area (Å²) in [6.45, 7) is -0.489. The van der Waals surface area contributed by atoms with Gasteiger partial charge >= 0.3 is 0 Å². The van der Waals surface area contributed by atoms with Gasteiger partial charge in [0.05, 0.1) is 12.0 Å². The van der Waals surface area contributed by atoms with Crippen LogP contribution in [0.4, 0.5) is 10.3 Å². The molecule has 1 fully saturated rings. The van der Waals surface area contributed by atoms with Crippen LogP contribution in [0.1, 0.15) is 47.0 Å². The van der Waals surface area contributed by atoms with Crippen molar-refractivity contribution in [2.24, 2.45) is 7.05 Å². The number of hydrogen-bond donors (Lipinski definition) is 2. The fourth-order valence-corrected chi connectivity index (χ4v) is 4.88. The highest BCUT2D eigenvalue weighted by atomic mass is 19.1. The molecule has 1 saturated carbocycles. The van der Waals surface area contributed by atoms with Crippen molar-refractivity contribution in [1.82, 2.24) is 29.1 Å². The minimum atomic E-state index is -0.583. The Balaban J connectivity index is 1.44. The number of nitrogen functional groups attached to an aromatic ring is 1. The van der Waals surface area contributed by atoms with Gasteiger partial charge in [-0.05, 0) is 59.5 Å². The van der Waals surface area contributed by atoms with Gasteiger partial charge in [-0.15, -0.1) is 0 Å². The molecule has 1 aliphatic rings. The summed E-state index contributed by atoms with van der Waals surface area (Å²) in [6.07, 6.45) is 7.14. The Morgan fingerprint density at radius 1 is 1.21 bits per heavy atom. The predicted octanol–water partition coefficient (Wildman–Crippen LogP) is 3.13. The molecule has 0 bridgehead atoms. The van der Waals surface area contributed by atoms with Crippen LogP contribution < -0.4 is 11.3 Å². The van der Waals surface area contributed by atoms with Gasteiger partial charge in [-0.2, -0.15) is 15.2 Å². The van der Waals surface area contributed by atoms with E-state index in [1.807, 2.05) is 6.07 Å². The number of nitrogens with two attached hydrogens (primary N) is 1. The Hall–Kier alpha value is -4.95. The first kappa shape index (κ1) is 24.4. The van der Waals surface area contributed by atoms with Crippen LogP contribution >= 0.6 is 0 Å². The molecule has 3 N–H and O–H groups in total. The highest BCUT2D eigenvalue weighted by Crippen LogP contribution is 2.41. The van der Waals surface area contributed by atoms with Gasteiger partial charge in [0, 0.05) is 43.2 Å². The van der Waals surface area contributed by atoms with Crippen molar-refractivity contribution in [1.29, 1.82) is 5.26 Å². The highest BCUT2D eigenvalue weighted by Gasteiger charge is 2.25. The molecule has 11 heteroatoms. The lowest BCUT2D eigenvalue weighted by Crippen LogP contribution is -2.21. The van der Waals surface area contributed by atoms with Gasteiger partial charge in [0.2, 0.25) is 5.95 Å². The van der Waals surface area contributed by atoms with Crippen molar-refractivity contribution < 1.29 is 9.50 Å². The Morgan fingerprint density at radius 3 is 2.74 bits per heavy atom. The van der Waals surface area contributed by atoms with Crippen molar-refractivity contribution in [2.45, 2.75) is 31.8 Å². The van der Waals surface area contributed by atoms with Crippen LogP contribution in [0.25, 0.3) is 28.0 Å². The zero-order chi connectivity index (χ0) is 27.3. The van der Waals surface area contributed by atoms with E-state index in [1.165, 1.54) is 23.0 Å². The summed E-state index contributed by atoms with van der Waals surface area (Å²) in [5.41, 5.74) is 8.30. The number of hydrogen-bond acceptors (Lipinski definition) is 8. The summed E-state index contributed by atoms with van der Waals surface area (Å²) in [4.78, 5) is 30.8. The van der Waals surface area contributed by atoms with Crippen LogP contribution in [0.15, 0.2) is 53.7 Å². The van der Waals surface area contributed by atoms with E-state index in [4.69, 9.17) is 5.73 Å². The topological polar surface area (TPSA) is 149 Å². The highest BCUT2D eigenvalue weighted by molar-refractivity contribution is 5.83. The molecule has 0 amide bonds. The lowest BCUT2D eigenvalue weighted by Gasteiger charge is -2.14. The summed E-state index contributed by atoms with van der Waals surface area (Å²) in [7, 11) is 1.77. The van der Waals surface area contributed by atoms with Gasteiger partial charge in [0.25, 0.3) is 5.56 Å². The molecular formula is C28H23FN8O2. The number of anilines is 1. The number of aliphatic hydroxyl groups is 1. The van der Waals surface area contributed by atoms with Gasteiger partial charge in [0.15, 0.2) is 5.82 Å². The summed E-state index contributed by atoms with van der Waals surface area (Å²) in [5.74, 6) is 0.436. The van der Waals surface area contributed by atoms with Crippen molar-refractivity contribution in [2.75, 3.05) is 5.73 Å². The molecule has 39 heavy (non-hydrogen) atoms.